The van der Waals surface area contributed by atoms with Crippen LogP contribution in [0.2, 0.25) is 0 Å². The molecule has 0 saturated heterocycles. The summed E-state index contributed by atoms with van der Waals surface area (Å²) >= 11 is 0. The molecule has 1 aromatic rings. The molecule has 0 fully saturated rings. The molecule has 1 aromatic heterocycles. The smallest absolute Gasteiger partial charge is 0.471 e. The minimum atomic E-state index is -4.94. The zero-order chi connectivity index (χ0) is 14.9. The Balaban J connectivity index is 2.09. The second-order valence-corrected chi connectivity index (χ2v) is 4.48. The molecule has 1 aliphatic rings. The topological polar surface area (TPSA) is 84.2 Å². The molecule has 0 saturated carbocycles. The fourth-order valence-corrected chi connectivity index (χ4v) is 2.13. The number of rotatable bonds is 3. The maximum absolute atomic E-state index is 12.0. The van der Waals surface area contributed by atoms with E-state index in [-0.39, 0.29) is 12.2 Å². The van der Waals surface area contributed by atoms with E-state index in [0.717, 1.165) is 0 Å². The largest absolute Gasteiger partial charge is 0.480 e. The lowest BCUT2D eigenvalue weighted by Gasteiger charge is -2.20. The van der Waals surface area contributed by atoms with E-state index in [4.69, 9.17) is 5.11 Å². The molecule has 0 aromatic carbocycles. The number of carbonyl (C=O) groups excluding carboxylic acids is 1. The molecule has 110 valence electrons. The van der Waals surface area contributed by atoms with Gasteiger partial charge in [-0.3, -0.25) is 4.79 Å². The van der Waals surface area contributed by atoms with Crippen molar-refractivity contribution in [3.05, 3.63) is 17.7 Å². The Bertz CT molecular complexity index is 539. The van der Waals surface area contributed by atoms with Crippen LogP contribution in [0.3, 0.4) is 0 Å². The van der Waals surface area contributed by atoms with Gasteiger partial charge in [-0.15, -0.1) is 0 Å². The molecule has 9 heteroatoms. The van der Waals surface area contributed by atoms with Gasteiger partial charge in [-0.1, -0.05) is 0 Å². The van der Waals surface area contributed by atoms with Gasteiger partial charge in [0.25, 0.3) is 0 Å². The first-order valence-corrected chi connectivity index (χ1v) is 5.93. The summed E-state index contributed by atoms with van der Waals surface area (Å²) in [6, 6.07) is -0.752. The van der Waals surface area contributed by atoms with E-state index in [1.54, 1.807) is 5.32 Å². The lowest BCUT2D eigenvalue weighted by Crippen LogP contribution is -2.36. The molecule has 0 spiro atoms. The molecule has 1 aliphatic heterocycles. The predicted octanol–water partition coefficient (Wildman–Crippen LogP) is 1.02. The van der Waals surface area contributed by atoms with E-state index < -0.39 is 24.1 Å². The van der Waals surface area contributed by atoms with E-state index in [0.29, 0.717) is 25.1 Å². The van der Waals surface area contributed by atoms with Crippen LogP contribution in [-0.4, -0.2) is 32.7 Å². The Labute approximate surface area is 111 Å². The number of carboxylic acids is 1. The average Bonchev–Trinajstić information content (AvgIpc) is 2.76. The summed E-state index contributed by atoms with van der Waals surface area (Å²) in [5.41, 5.74) is 0.214. The van der Waals surface area contributed by atoms with E-state index in [9.17, 15) is 22.8 Å². The Morgan fingerprint density at radius 3 is 2.80 bits per heavy atom. The summed E-state index contributed by atoms with van der Waals surface area (Å²) in [7, 11) is 0. The molecule has 2 rings (SSSR count). The van der Waals surface area contributed by atoms with Crippen LogP contribution in [0.25, 0.3) is 0 Å². The third-order valence-corrected chi connectivity index (χ3v) is 3.05. The van der Waals surface area contributed by atoms with Crippen molar-refractivity contribution in [1.29, 1.82) is 0 Å². The van der Waals surface area contributed by atoms with Gasteiger partial charge in [0.15, 0.2) is 0 Å². The molecule has 2 N–H and O–H groups in total. The highest BCUT2D eigenvalue weighted by atomic mass is 19.4. The number of aryl methyl sites for hydroxylation is 1. The molecule has 0 aliphatic carbocycles. The van der Waals surface area contributed by atoms with Crippen LogP contribution in [0.5, 0.6) is 0 Å². The minimum Gasteiger partial charge on any atom is -0.480 e. The van der Waals surface area contributed by atoms with E-state index in [2.05, 4.69) is 4.98 Å². The number of hydrogen-bond acceptors (Lipinski definition) is 3. The highest BCUT2D eigenvalue weighted by Crippen LogP contribution is 2.25. The number of aromatic nitrogens is 2. The zero-order valence-corrected chi connectivity index (χ0v) is 10.3. The van der Waals surface area contributed by atoms with Crippen molar-refractivity contribution >= 4 is 11.9 Å². The monoisotopic (exact) mass is 291 g/mol. The summed E-state index contributed by atoms with van der Waals surface area (Å²) in [4.78, 5) is 25.8. The van der Waals surface area contributed by atoms with Gasteiger partial charge in [0.05, 0.1) is 12.2 Å². The van der Waals surface area contributed by atoms with Gasteiger partial charge in [-0.25, -0.2) is 9.78 Å². The number of carbonyl (C=O) groups is 2. The van der Waals surface area contributed by atoms with Gasteiger partial charge < -0.3 is 15.0 Å². The summed E-state index contributed by atoms with van der Waals surface area (Å²) in [6.07, 6.45) is -1.89. The minimum absolute atomic E-state index is 0.214. The molecule has 0 bridgehead atoms. The van der Waals surface area contributed by atoms with Crippen LogP contribution >= 0.6 is 0 Å². The Hall–Kier alpha value is -2.06. The third-order valence-electron chi connectivity index (χ3n) is 3.05. The molecule has 1 atom stereocenters. The fourth-order valence-electron chi connectivity index (χ4n) is 2.13. The number of nitrogens with zero attached hydrogens (tertiary/aromatic N) is 2. The van der Waals surface area contributed by atoms with Gasteiger partial charge in [-0.05, 0) is 12.8 Å². The first kappa shape index (κ1) is 14.4. The molecule has 0 radical (unpaired) electrons. The first-order valence-electron chi connectivity index (χ1n) is 5.93. The van der Waals surface area contributed by atoms with Crippen LogP contribution in [0.1, 0.15) is 30.4 Å². The maximum Gasteiger partial charge on any atom is 0.471 e. The number of halogens is 3. The molecule has 6 nitrogen and oxygen atoms in total. The van der Waals surface area contributed by atoms with Crippen molar-refractivity contribution in [2.75, 3.05) is 0 Å². The van der Waals surface area contributed by atoms with Crippen molar-refractivity contribution in [3.8, 4) is 0 Å². The van der Waals surface area contributed by atoms with Crippen molar-refractivity contribution < 1.29 is 27.9 Å². The Morgan fingerprint density at radius 1 is 1.50 bits per heavy atom. The van der Waals surface area contributed by atoms with Crippen molar-refractivity contribution in [2.24, 2.45) is 0 Å². The number of hydrogen-bond donors (Lipinski definition) is 2. The van der Waals surface area contributed by atoms with Crippen LogP contribution in [0.15, 0.2) is 6.20 Å². The summed E-state index contributed by atoms with van der Waals surface area (Å²) < 4.78 is 37.5. The second-order valence-electron chi connectivity index (χ2n) is 4.48. The van der Waals surface area contributed by atoms with Crippen molar-refractivity contribution in [3.63, 3.8) is 0 Å². The summed E-state index contributed by atoms with van der Waals surface area (Å²) in [5.74, 6) is -2.53. The van der Waals surface area contributed by atoms with Gasteiger partial charge >= 0.3 is 18.1 Å². The summed E-state index contributed by atoms with van der Waals surface area (Å²) in [5, 5.41) is 10.8. The van der Waals surface area contributed by atoms with Crippen LogP contribution in [0.4, 0.5) is 13.2 Å². The van der Waals surface area contributed by atoms with E-state index in [1.165, 1.54) is 10.8 Å². The highest BCUT2D eigenvalue weighted by Gasteiger charge is 2.38. The van der Waals surface area contributed by atoms with Crippen molar-refractivity contribution in [2.45, 2.75) is 38.0 Å². The normalized spacial score (nSPS) is 18.4. The lowest BCUT2D eigenvalue weighted by atomic mass is 10.1. The number of imidazole rings is 1. The number of alkyl halides is 3. The standard InChI is InChI=1S/C11H12F3N3O3/c12-11(13,14)10(20)15-4-6-5-17-7(9(18)19)2-1-3-8(17)16-6/h5,7H,1-4H2,(H,15,20)(H,18,19). The molecule has 20 heavy (non-hydrogen) atoms. The highest BCUT2D eigenvalue weighted by molar-refractivity contribution is 5.81. The van der Waals surface area contributed by atoms with Crippen LogP contribution in [-0.2, 0) is 22.6 Å². The van der Waals surface area contributed by atoms with Gasteiger partial charge in [-0.2, -0.15) is 13.2 Å². The molecule has 1 unspecified atom stereocenters. The predicted molar refractivity (Wildman–Crippen MR) is 59.7 cm³/mol. The van der Waals surface area contributed by atoms with Crippen LogP contribution < -0.4 is 5.32 Å². The van der Waals surface area contributed by atoms with Crippen LogP contribution in [0, 0.1) is 0 Å². The molecular formula is C11H12F3N3O3. The number of fused-ring (bicyclic) bond motifs is 1. The Kier molecular flexibility index (Phi) is 3.69. The van der Waals surface area contributed by atoms with Gasteiger partial charge in [0, 0.05) is 12.6 Å². The first-order chi connectivity index (χ1) is 9.29. The van der Waals surface area contributed by atoms with Crippen molar-refractivity contribution in [1.82, 2.24) is 14.9 Å². The molecule has 1 amide bonds. The maximum atomic E-state index is 12.0. The number of aliphatic carboxylic acids is 1. The number of carboxylic acid groups (broad SMARTS) is 1. The SMILES string of the molecule is O=C(O)C1CCCc2nc(CNC(=O)C(F)(F)F)cn21. The number of amides is 1. The molecule has 2 heterocycles. The number of nitrogens with one attached hydrogen (secondary N) is 1. The Morgan fingerprint density at radius 2 is 2.20 bits per heavy atom. The average molecular weight is 291 g/mol. The quantitative estimate of drug-likeness (QED) is 0.871. The molecular weight excluding hydrogens is 279 g/mol. The fraction of sp³-hybridized carbons (Fsp3) is 0.545. The third kappa shape index (κ3) is 2.91. The lowest BCUT2D eigenvalue weighted by molar-refractivity contribution is -0.173. The summed E-state index contributed by atoms with van der Waals surface area (Å²) in [6.45, 7) is -0.384. The van der Waals surface area contributed by atoms with Gasteiger partial charge in [0.1, 0.15) is 11.9 Å². The second kappa shape index (κ2) is 5.14. The zero-order valence-electron chi connectivity index (χ0n) is 10.3. The van der Waals surface area contributed by atoms with E-state index >= 15 is 0 Å². The van der Waals surface area contributed by atoms with E-state index in [1.807, 2.05) is 0 Å². The van der Waals surface area contributed by atoms with Gasteiger partial charge in [0.2, 0.25) is 0 Å².